The van der Waals surface area contributed by atoms with E-state index in [0.717, 1.165) is 10.5 Å². The molecule has 4 heteroatoms. The molecule has 70 valence electrons. The third-order valence-electron chi connectivity index (χ3n) is 1.90. The molecule has 2 rings (SSSR count). The third-order valence-corrected chi connectivity index (χ3v) is 2.19. The molecule has 0 atom stereocenters. The maximum absolute atomic E-state index is 11.4. The number of nitrogens with one attached hydrogen (secondary N) is 1. The number of H-pyrrole nitrogens is 1. The van der Waals surface area contributed by atoms with Crippen molar-refractivity contribution >= 4 is 12.6 Å². The van der Waals surface area contributed by atoms with Gasteiger partial charge >= 0.3 is 0 Å². The number of aromatic amines is 1. The summed E-state index contributed by atoms with van der Waals surface area (Å²) in [6.45, 7) is 0. The molecule has 0 aliphatic rings. The molecule has 1 aromatic heterocycles. The summed E-state index contributed by atoms with van der Waals surface area (Å²) in [6.07, 6.45) is 2.92. The quantitative estimate of drug-likeness (QED) is 0.695. The van der Waals surface area contributed by atoms with Crippen molar-refractivity contribution in [1.82, 2.24) is 9.97 Å². The highest BCUT2D eigenvalue weighted by molar-refractivity contribution is 7.80. The van der Waals surface area contributed by atoms with Gasteiger partial charge in [0.15, 0.2) is 0 Å². The molecule has 0 aliphatic carbocycles. The zero-order valence-electron chi connectivity index (χ0n) is 7.27. The van der Waals surface area contributed by atoms with Gasteiger partial charge in [0.05, 0.1) is 11.9 Å². The van der Waals surface area contributed by atoms with Crippen LogP contribution < -0.4 is 5.56 Å². The first kappa shape index (κ1) is 9.02. The Balaban J connectivity index is 2.56. The summed E-state index contributed by atoms with van der Waals surface area (Å²) < 4.78 is 0. The van der Waals surface area contributed by atoms with Crippen LogP contribution in [-0.4, -0.2) is 9.97 Å². The lowest BCUT2D eigenvalue weighted by Gasteiger charge is -1.98. The standard InChI is InChI=1S/C10H8N2OS/c13-10-9(5-11-6-12-10)7-1-3-8(14)4-2-7/h1-6,14H,(H,11,12,13). The van der Waals surface area contributed by atoms with Gasteiger partial charge in [-0.3, -0.25) is 4.79 Å². The van der Waals surface area contributed by atoms with E-state index in [1.807, 2.05) is 24.3 Å². The predicted molar refractivity (Wildman–Crippen MR) is 57.5 cm³/mol. The third kappa shape index (κ3) is 1.70. The molecule has 1 aromatic carbocycles. The van der Waals surface area contributed by atoms with Crippen molar-refractivity contribution < 1.29 is 0 Å². The molecular weight excluding hydrogens is 196 g/mol. The molecule has 1 heterocycles. The summed E-state index contributed by atoms with van der Waals surface area (Å²) in [5.41, 5.74) is 1.28. The van der Waals surface area contributed by atoms with Gasteiger partial charge in [0.1, 0.15) is 0 Å². The SMILES string of the molecule is O=c1[nH]cncc1-c1ccc(S)cc1. The summed E-state index contributed by atoms with van der Waals surface area (Å²) in [7, 11) is 0. The highest BCUT2D eigenvalue weighted by Crippen LogP contribution is 2.16. The largest absolute Gasteiger partial charge is 0.313 e. The molecule has 0 spiro atoms. The molecule has 0 aliphatic heterocycles. The van der Waals surface area contributed by atoms with E-state index in [4.69, 9.17) is 0 Å². The van der Waals surface area contributed by atoms with E-state index in [-0.39, 0.29) is 5.56 Å². The van der Waals surface area contributed by atoms with Gasteiger partial charge in [-0.05, 0) is 17.7 Å². The maximum atomic E-state index is 11.4. The molecular formula is C10H8N2OS. The first-order valence-electron chi connectivity index (χ1n) is 4.09. The maximum Gasteiger partial charge on any atom is 0.258 e. The lowest BCUT2D eigenvalue weighted by atomic mass is 10.1. The summed E-state index contributed by atoms with van der Waals surface area (Å²) in [4.78, 5) is 18.7. The van der Waals surface area contributed by atoms with Crippen molar-refractivity contribution in [3.63, 3.8) is 0 Å². The van der Waals surface area contributed by atoms with E-state index in [1.165, 1.54) is 6.33 Å². The van der Waals surface area contributed by atoms with E-state index < -0.39 is 0 Å². The first-order valence-corrected chi connectivity index (χ1v) is 4.54. The van der Waals surface area contributed by atoms with Crippen molar-refractivity contribution in [3.8, 4) is 11.1 Å². The molecule has 0 radical (unpaired) electrons. The molecule has 2 aromatic rings. The first-order chi connectivity index (χ1) is 6.77. The minimum Gasteiger partial charge on any atom is -0.313 e. The van der Waals surface area contributed by atoms with Crippen molar-refractivity contribution in [2.45, 2.75) is 4.90 Å². The van der Waals surface area contributed by atoms with Gasteiger partial charge in [0, 0.05) is 11.1 Å². The smallest absolute Gasteiger partial charge is 0.258 e. The van der Waals surface area contributed by atoms with E-state index >= 15 is 0 Å². The fourth-order valence-electron chi connectivity index (χ4n) is 1.19. The highest BCUT2D eigenvalue weighted by Gasteiger charge is 2.01. The molecule has 1 N–H and O–H groups in total. The molecule has 0 amide bonds. The lowest BCUT2D eigenvalue weighted by molar-refractivity contribution is 1.12. The van der Waals surface area contributed by atoms with Crippen LogP contribution in [0, 0.1) is 0 Å². The topological polar surface area (TPSA) is 45.8 Å². The van der Waals surface area contributed by atoms with Crippen molar-refractivity contribution in [2.24, 2.45) is 0 Å². The molecule has 0 fully saturated rings. The Morgan fingerprint density at radius 1 is 1.21 bits per heavy atom. The van der Waals surface area contributed by atoms with Gasteiger partial charge in [-0.15, -0.1) is 12.6 Å². The Morgan fingerprint density at radius 3 is 2.57 bits per heavy atom. The van der Waals surface area contributed by atoms with Gasteiger partial charge < -0.3 is 4.98 Å². The van der Waals surface area contributed by atoms with Crippen LogP contribution in [0.1, 0.15) is 0 Å². The fraction of sp³-hybridized carbons (Fsp3) is 0. The second kappa shape index (κ2) is 3.67. The zero-order chi connectivity index (χ0) is 9.97. The zero-order valence-corrected chi connectivity index (χ0v) is 8.16. The minimum absolute atomic E-state index is 0.132. The van der Waals surface area contributed by atoms with Crippen molar-refractivity contribution in [2.75, 3.05) is 0 Å². The normalized spacial score (nSPS) is 10.1. The second-order valence-electron chi connectivity index (χ2n) is 2.84. The number of aromatic nitrogens is 2. The number of thiol groups is 1. The Hall–Kier alpha value is -1.55. The van der Waals surface area contributed by atoms with Gasteiger partial charge in [0.25, 0.3) is 5.56 Å². The van der Waals surface area contributed by atoms with Crippen LogP contribution >= 0.6 is 12.6 Å². The van der Waals surface area contributed by atoms with Crippen LogP contribution in [0.25, 0.3) is 11.1 Å². The summed E-state index contributed by atoms with van der Waals surface area (Å²) in [5.74, 6) is 0. The second-order valence-corrected chi connectivity index (χ2v) is 3.36. The predicted octanol–water partition coefficient (Wildman–Crippen LogP) is 1.73. The number of rotatable bonds is 1. The van der Waals surface area contributed by atoms with E-state index in [0.29, 0.717) is 5.56 Å². The van der Waals surface area contributed by atoms with Crippen LogP contribution in [0.15, 0.2) is 46.5 Å². The van der Waals surface area contributed by atoms with Gasteiger partial charge in [-0.1, -0.05) is 12.1 Å². The Bertz CT molecular complexity index is 490. The molecule has 0 unspecified atom stereocenters. The lowest BCUT2D eigenvalue weighted by Crippen LogP contribution is -2.08. The van der Waals surface area contributed by atoms with Gasteiger partial charge in [-0.2, -0.15) is 0 Å². The van der Waals surface area contributed by atoms with Gasteiger partial charge in [-0.25, -0.2) is 4.98 Å². The highest BCUT2D eigenvalue weighted by atomic mass is 32.1. The van der Waals surface area contributed by atoms with Crippen LogP contribution in [-0.2, 0) is 0 Å². The molecule has 0 saturated heterocycles. The Labute approximate surface area is 86.2 Å². The average Bonchev–Trinajstić information content (AvgIpc) is 2.20. The molecule has 0 saturated carbocycles. The number of hydrogen-bond donors (Lipinski definition) is 2. The van der Waals surface area contributed by atoms with Crippen LogP contribution in [0.2, 0.25) is 0 Å². The molecule has 14 heavy (non-hydrogen) atoms. The summed E-state index contributed by atoms with van der Waals surface area (Å²) in [5, 5.41) is 0. The summed E-state index contributed by atoms with van der Waals surface area (Å²) >= 11 is 4.17. The van der Waals surface area contributed by atoms with Crippen LogP contribution in [0.4, 0.5) is 0 Å². The van der Waals surface area contributed by atoms with E-state index in [9.17, 15) is 4.79 Å². The monoisotopic (exact) mass is 204 g/mol. The number of nitrogens with zero attached hydrogens (tertiary/aromatic N) is 1. The fourth-order valence-corrected chi connectivity index (χ4v) is 1.34. The molecule has 3 nitrogen and oxygen atoms in total. The van der Waals surface area contributed by atoms with Crippen LogP contribution in [0.5, 0.6) is 0 Å². The van der Waals surface area contributed by atoms with E-state index in [2.05, 4.69) is 22.6 Å². The summed E-state index contributed by atoms with van der Waals surface area (Å²) in [6, 6.07) is 7.36. The van der Waals surface area contributed by atoms with Crippen LogP contribution in [0.3, 0.4) is 0 Å². The number of benzene rings is 1. The minimum atomic E-state index is -0.132. The molecule has 0 bridgehead atoms. The Morgan fingerprint density at radius 2 is 1.93 bits per heavy atom. The van der Waals surface area contributed by atoms with E-state index in [1.54, 1.807) is 6.20 Å². The van der Waals surface area contributed by atoms with Crippen molar-refractivity contribution in [3.05, 3.63) is 47.1 Å². The Kier molecular flexibility index (Phi) is 2.37. The number of hydrogen-bond acceptors (Lipinski definition) is 3. The van der Waals surface area contributed by atoms with Gasteiger partial charge in [0.2, 0.25) is 0 Å². The average molecular weight is 204 g/mol. The van der Waals surface area contributed by atoms with Crippen molar-refractivity contribution in [1.29, 1.82) is 0 Å².